The van der Waals surface area contributed by atoms with E-state index in [-0.39, 0.29) is 11.5 Å². The first-order valence-electron chi connectivity index (χ1n) is 5.63. The van der Waals surface area contributed by atoms with Gasteiger partial charge in [-0.25, -0.2) is 14.2 Å². The third-order valence-corrected chi connectivity index (χ3v) is 3.71. The van der Waals surface area contributed by atoms with E-state index in [1.54, 1.807) is 24.9 Å². The van der Waals surface area contributed by atoms with Crippen LogP contribution in [0.5, 0.6) is 0 Å². The lowest BCUT2D eigenvalue weighted by atomic mass is 10.2. The van der Waals surface area contributed by atoms with E-state index in [0.29, 0.717) is 16.6 Å². The molecule has 2 rings (SSSR count). The number of rotatable bonds is 4. The van der Waals surface area contributed by atoms with Crippen LogP contribution >= 0.6 is 11.3 Å². The normalized spacial score (nSPS) is 10.5. The van der Waals surface area contributed by atoms with Gasteiger partial charge in [-0.2, -0.15) is 0 Å². The third-order valence-electron chi connectivity index (χ3n) is 2.62. The Bertz CT molecular complexity index is 612. The van der Waals surface area contributed by atoms with Gasteiger partial charge in [-0.05, 0) is 24.6 Å². The average molecular weight is 280 g/mol. The molecular weight excluding hydrogens is 267 g/mol. The van der Waals surface area contributed by atoms with Crippen LogP contribution < -0.4 is 4.90 Å². The van der Waals surface area contributed by atoms with Crippen LogP contribution in [0.3, 0.4) is 0 Å². The maximum Gasteiger partial charge on any atom is 0.355 e. The zero-order valence-corrected chi connectivity index (χ0v) is 11.4. The van der Waals surface area contributed by atoms with Gasteiger partial charge in [-0.3, -0.25) is 0 Å². The predicted molar refractivity (Wildman–Crippen MR) is 72.3 cm³/mol. The Kier molecular flexibility index (Phi) is 3.80. The minimum absolute atomic E-state index is 0.0751. The second kappa shape index (κ2) is 5.36. The summed E-state index contributed by atoms with van der Waals surface area (Å²) in [4.78, 5) is 17.5. The van der Waals surface area contributed by atoms with Gasteiger partial charge < -0.3 is 10.0 Å². The number of carboxylic acid groups (broad SMARTS) is 1. The number of hydrogen-bond donors (Lipinski definition) is 1. The van der Waals surface area contributed by atoms with E-state index in [0.717, 1.165) is 5.56 Å². The molecule has 0 unspecified atom stereocenters. The molecule has 0 aliphatic carbocycles. The number of aromatic carboxylic acids is 1. The lowest BCUT2D eigenvalue weighted by molar-refractivity contribution is 0.0690. The fraction of sp³-hybridized carbons (Fsp3) is 0.231. The summed E-state index contributed by atoms with van der Waals surface area (Å²) < 4.78 is 13.1. The van der Waals surface area contributed by atoms with Gasteiger partial charge >= 0.3 is 5.97 Å². The molecule has 6 heteroatoms. The number of benzene rings is 1. The number of anilines is 1. The molecule has 1 heterocycles. The summed E-state index contributed by atoms with van der Waals surface area (Å²) in [6, 6.07) is 6.31. The predicted octanol–water partition coefficient (Wildman–Crippen LogP) is 2.93. The molecular formula is C13H13FN2O2S. The smallest absolute Gasteiger partial charge is 0.355 e. The quantitative estimate of drug-likeness (QED) is 0.935. The molecule has 0 aliphatic heterocycles. The highest BCUT2D eigenvalue weighted by molar-refractivity contribution is 7.15. The van der Waals surface area contributed by atoms with Crippen LogP contribution in [0.1, 0.15) is 20.9 Å². The fourth-order valence-electron chi connectivity index (χ4n) is 1.72. The van der Waals surface area contributed by atoms with Gasteiger partial charge in [0.05, 0.1) is 0 Å². The van der Waals surface area contributed by atoms with E-state index >= 15 is 0 Å². The Morgan fingerprint density at radius 3 is 2.84 bits per heavy atom. The molecule has 0 fully saturated rings. The first-order chi connectivity index (χ1) is 8.97. The lowest BCUT2D eigenvalue weighted by Gasteiger charge is -2.15. The van der Waals surface area contributed by atoms with Crippen LogP contribution in [0.2, 0.25) is 0 Å². The van der Waals surface area contributed by atoms with Crippen LogP contribution in [0.25, 0.3) is 0 Å². The molecule has 1 aromatic carbocycles. The van der Waals surface area contributed by atoms with Crippen LogP contribution in [0.4, 0.5) is 9.52 Å². The molecule has 0 saturated carbocycles. The molecule has 0 saturated heterocycles. The van der Waals surface area contributed by atoms with Crippen molar-refractivity contribution in [3.05, 3.63) is 46.2 Å². The zero-order valence-electron chi connectivity index (χ0n) is 10.6. The average Bonchev–Trinajstić information content (AvgIpc) is 2.71. The topological polar surface area (TPSA) is 53.4 Å². The monoisotopic (exact) mass is 280 g/mol. The van der Waals surface area contributed by atoms with Crippen molar-refractivity contribution in [3.8, 4) is 0 Å². The number of thiazole rings is 1. The number of hydrogen-bond acceptors (Lipinski definition) is 4. The third kappa shape index (κ3) is 3.08. The maximum atomic E-state index is 13.1. The van der Waals surface area contributed by atoms with Gasteiger partial charge in [0.15, 0.2) is 10.8 Å². The molecule has 1 N–H and O–H groups in total. The van der Waals surface area contributed by atoms with E-state index in [2.05, 4.69) is 4.98 Å². The molecule has 0 amide bonds. The summed E-state index contributed by atoms with van der Waals surface area (Å²) >= 11 is 1.31. The van der Waals surface area contributed by atoms with Crippen molar-refractivity contribution in [2.45, 2.75) is 13.5 Å². The van der Waals surface area contributed by atoms with Gasteiger partial charge in [0.2, 0.25) is 0 Å². The van der Waals surface area contributed by atoms with Gasteiger partial charge in [-0.15, -0.1) is 11.3 Å². The van der Waals surface area contributed by atoms with E-state index in [1.807, 2.05) is 6.07 Å². The van der Waals surface area contributed by atoms with Crippen molar-refractivity contribution in [1.29, 1.82) is 0 Å². The van der Waals surface area contributed by atoms with Crippen LogP contribution in [-0.4, -0.2) is 23.1 Å². The second-order valence-electron chi connectivity index (χ2n) is 4.19. The summed E-state index contributed by atoms with van der Waals surface area (Å²) in [5.74, 6) is -1.31. The molecule has 1 aromatic heterocycles. The Balaban J connectivity index is 2.18. The summed E-state index contributed by atoms with van der Waals surface area (Å²) in [6.45, 7) is 2.20. The second-order valence-corrected chi connectivity index (χ2v) is 5.37. The number of halogens is 1. The van der Waals surface area contributed by atoms with Crippen molar-refractivity contribution in [2.24, 2.45) is 0 Å². The van der Waals surface area contributed by atoms with Crippen LogP contribution in [-0.2, 0) is 6.54 Å². The molecule has 19 heavy (non-hydrogen) atoms. The molecule has 0 bridgehead atoms. The molecule has 2 aromatic rings. The highest BCUT2D eigenvalue weighted by Gasteiger charge is 2.16. The number of carbonyl (C=O) groups is 1. The molecule has 0 radical (unpaired) electrons. The summed E-state index contributed by atoms with van der Waals surface area (Å²) in [5.41, 5.74) is 0.887. The molecule has 100 valence electrons. The summed E-state index contributed by atoms with van der Waals surface area (Å²) in [7, 11) is 1.80. The van der Waals surface area contributed by atoms with Crippen molar-refractivity contribution >= 4 is 22.4 Å². The lowest BCUT2D eigenvalue weighted by Crippen LogP contribution is -2.16. The SMILES string of the molecule is Cc1sc(N(C)Cc2cccc(F)c2)nc1C(=O)O. The van der Waals surface area contributed by atoms with Gasteiger partial charge in [0.25, 0.3) is 0 Å². The minimum atomic E-state index is -1.03. The summed E-state index contributed by atoms with van der Waals surface area (Å²) in [6.07, 6.45) is 0. The Labute approximate surface area is 114 Å². The molecule has 0 atom stereocenters. The van der Waals surface area contributed by atoms with E-state index in [9.17, 15) is 9.18 Å². The first kappa shape index (κ1) is 13.5. The maximum absolute atomic E-state index is 13.1. The van der Waals surface area contributed by atoms with Gasteiger partial charge in [0.1, 0.15) is 5.82 Å². The van der Waals surface area contributed by atoms with E-state index < -0.39 is 5.97 Å². The fourth-order valence-corrected chi connectivity index (χ4v) is 2.58. The molecule has 0 spiro atoms. The van der Waals surface area contributed by atoms with Crippen molar-refractivity contribution in [2.75, 3.05) is 11.9 Å². The number of nitrogens with zero attached hydrogens (tertiary/aromatic N) is 2. The summed E-state index contributed by atoms with van der Waals surface area (Å²) in [5, 5.41) is 9.57. The highest BCUT2D eigenvalue weighted by atomic mass is 32.1. The van der Waals surface area contributed by atoms with Crippen molar-refractivity contribution < 1.29 is 14.3 Å². The van der Waals surface area contributed by atoms with Crippen molar-refractivity contribution in [1.82, 2.24) is 4.98 Å². The molecule has 0 aliphatic rings. The first-order valence-corrected chi connectivity index (χ1v) is 6.45. The number of aromatic nitrogens is 1. The van der Waals surface area contributed by atoms with Crippen molar-refractivity contribution in [3.63, 3.8) is 0 Å². The zero-order chi connectivity index (χ0) is 14.0. The van der Waals surface area contributed by atoms with E-state index in [4.69, 9.17) is 5.11 Å². The largest absolute Gasteiger partial charge is 0.476 e. The van der Waals surface area contributed by atoms with Crippen LogP contribution in [0.15, 0.2) is 24.3 Å². The van der Waals surface area contributed by atoms with Gasteiger partial charge in [-0.1, -0.05) is 12.1 Å². The minimum Gasteiger partial charge on any atom is -0.476 e. The number of aryl methyl sites for hydroxylation is 1. The Morgan fingerprint density at radius 2 is 2.26 bits per heavy atom. The standard InChI is InChI=1S/C13H13FN2O2S/c1-8-11(12(17)18)15-13(19-8)16(2)7-9-4-3-5-10(14)6-9/h3-6H,7H2,1-2H3,(H,17,18). The van der Waals surface area contributed by atoms with Gasteiger partial charge in [0, 0.05) is 18.5 Å². The Morgan fingerprint density at radius 1 is 1.53 bits per heavy atom. The number of carboxylic acids is 1. The van der Waals surface area contributed by atoms with Crippen LogP contribution in [0, 0.1) is 12.7 Å². The Hall–Kier alpha value is -1.95. The molecule has 4 nitrogen and oxygen atoms in total. The highest BCUT2D eigenvalue weighted by Crippen LogP contribution is 2.26. The van der Waals surface area contributed by atoms with E-state index in [1.165, 1.54) is 23.5 Å².